The summed E-state index contributed by atoms with van der Waals surface area (Å²) in [5.41, 5.74) is 14.9. The van der Waals surface area contributed by atoms with Crippen molar-refractivity contribution < 1.29 is 14.3 Å². The first kappa shape index (κ1) is 25.0. The van der Waals surface area contributed by atoms with E-state index in [0.29, 0.717) is 73.2 Å². The highest BCUT2D eigenvalue weighted by Gasteiger charge is 2.23. The first-order chi connectivity index (χ1) is 15.7. The smallest absolute Gasteiger partial charge is 0.226 e. The van der Waals surface area contributed by atoms with Gasteiger partial charge in [-0.1, -0.05) is 32.4 Å². The molecule has 1 aliphatic heterocycles. The number of carbonyl (C=O) groups excluding carboxylic acids is 1. The molecule has 0 saturated heterocycles. The van der Waals surface area contributed by atoms with Crippen molar-refractivity contribution >= 4 is 28.9 Å². The molecule has 180 valence electrons. The first-order valence-corrected chi connectivity index (χ1v) is 11.8. The third-order valence-corrected chi connectivity index (χ3v) is 5.65. The number of ether oxygens (including phenoxy) is 2. The highest BCUT2D eigenvalue weighted by Crippen LogP contribution is 2.38. The van der Waals surface area contributed by atoms with E-state index in [-0.39, 0.29) is 11.8 Å². The molecule has 0 radical (unpaired) electrons. The van der Waals surface area contributed by atoms with Gasteiger partial charge >= 0.3 is 0 Å². The van der Waals surface area contributed by atoms with E-state index in [9.17, 15) is 4.79 Å². The minimum atomic E-state index is -0.196. The molecule has 33 heavy (non-hydrogen) atoms. The average molecular weight is 475 g/mol. The fourth-order valence-corrected chi connectivity index (χ4v) is 4.24. The topological polar surface area (TPSA) is 103 Å². The van der Waals surface area contributed by atoms with Gasteiger partial charge < -0.3 is 31.2 Å². The van der Waals surface area contributed by atoms with Crippen LogP contribution in [-0.2, 0) is 17.9 Å². The first-order valence-electron chi connectivity index (χ1n) is 11.5. The zero-order chi connectivity index (χ0) is 24.0. The van der Waals surface area contributed by atoms with E-state index in [1.54, 1.807) is 6.07 Å². The van der Waals surface area contributed by atoms with Crippen molar-refractivity contribution in [3.8, 4) is 11.5 Å². The molecule has 1 atom stereocenters. The summed E-state index contributed by atoms with van der Waals surface area (Å²) in [6.45, 7) is 9.57. The summed E-state index contributed by atoms with van der Waals surface area (Å²) in [5, 5.41) is 3.86. The van der Waals surface area contributed by atoms with Crippen LogP contribution in [0, 0.1) is 11.8 Å². The number of hydrogen-bond donors (Lipinski definition) is 3. The highest BCUT2D eigenvalue weighted by molar-refractivity contribution is 6.32. The molecule has 7 nitrogen and oxygen atoms in total. The maximum atomic E-state index is 13.3. The molecule has 0 aliphatic carbocycles. The van der Waals surface area contributed by atoms with Crippen molar-refractivity contribution in [1.29, 1.82) is 0 Å². The number of fused-ring (bicyclic) bond motifs is 1. The van der Waals surface area contributed by atoms with Gasteiger partial charge in [0.25, 0.3) is 0 Å². The van der Waals surface area contributed by atoms with Gasteiger partial charge in [-0.25, -0.2) is 0 Å². The Balaban J connectivity index is 1.65. The summed E-state index contributed by atoms with van der Waals surface area (Å²) in [5.74, 6) is 1.45. The van der Waals surface area contributed by atoms with Crippen LogP contribution in [0.1, 0.15) is 38.3 Å². The van der Waals surface area contributed by atoms with E-state index < -0.39 is 0 Å². The van der Waals surface area contributed by atoms with E-state index in [0.717, 1.165) is 17.5 Å². The van der Waals surface area contributed by atoms with Gasteiger partial charge in [-0.3, -0.25) is 4.79 Å². The summed E-state index contributed by atoms with van der Waals surface area (Å²) in [4.78, 5) is 15.2. The number of amides is 1. The summed E-state index contributed by atoms with van der Waals surface area (Å²) in [6, 6.07) is 9.29. The van der Waals surface area contributed by atoms with Gasteiger partial charge in [0, 0.05) is 49.9 Å². The number of rotatable bonds is 9. The number of halogens is 1. The van der Waals surface area contributed by atoms with Crippen LogP contribution in [0.5, 0.6) is 11.5 Å². The number of nitrogen functional groups attached to an aromatic ring is 2. The van der Waals surface area contributed by atoms with Crippen LogP contribution >= 0.6 is 11.6 Å². The molecule has 1 heterocycles. The highest BCUT2D eigenvalue weighted by atomic mass is 35.5. The molecule has 0 fully saturated rings. The second-order valence-electron chi connectivity index (χ2n) is 9.11. The van der Waals surface area contributed by atoms with Crippen LogP contribution in [0.4, 0.5) is 11.4 Å². The number of nitrogens with two attached hydrogens (primary N) is 2. The van der Waals surface area contributed by atoms with Gasteiger partial charge in [0.05, 0.1) is 18.2 Å². The molecule has 2 aromatic rings. The number of carbonyl (C=O) groups is 1. The van der Waals surface area contributed by atoms with Gasteiger partial charge in [-0.15, -0.1) is 0 Å². The van der Waals surface area contributed by atoms with E-state index in [1.165, 1.54) is 0 Å². The Bertz CT molecular complexity index is 947. The number of anilines is 2. The fourth-order valence-electron chi connectivity index (χ4n) is 3.95. The second-order valence-corrected chi connectivity index (χ2v) is 9.52. The summed E-state index contributed by atoms with van der Waals surface area (Å²) in [7, 11) is 0. The monoisotopic (exact) mass is 474 g/mol. The molecular weight excluding hydrogens is 440 g/mol. The lowest BCUT2D eigenvalue weighted by Gasteiger charge is -2.28. The summed E-state index contributed by atoms with van der Waals surface area (Å²) >= 11 is 6.46. The molecule has 0 aromatic heterocycles. The lowest BCUT2D eigenvalue weighted by atomic mass is 10.1. The quantitative estimate of drug-likeness (QED) is 0.473. The normalized spacial score (nSPS) is 14.1. The molecule has 0 saturated carbocycles. The van der Waals surface area contributed by atoms with Crippen LogP contribution in [0.3, 0.4) is 0 Å². The van der Waals surface area contributed by atoms with E-state index >= 15 is 0 Å². The maximum absolute atomic E-state index is 13.3. The summed E-state index contributed by atoms with van der Waals surface area (Å²) in [6.07, 6.45) is 0.811. The van der Waals surface area contributed by atoms with Crippen LogP contribution in [0.25, 0.3) is 0 Å². The van der Waals surface area contributed by atoms with Gasteiger partial charge in [-0.2, -0.15) is 0 Å². The molecule has 8 heteroatoms. The Hall–Kier alpha value is -2.64. The Morgan fingerprint density at radius 3 is 2.45 bits per heavy atom. The van der Waals surface area contributed by atoms with Gasteiger partial charge in [0.2, 0.25) is 5.91 Å². The minimum Gasteiger partial charge on any atom is -0.489 e. The molecule has 0 bridgehead atoms. The predicted octanol–water partition coefficient (Wildman–Crippen LogP) is 4.08. The van der Waals surface area contributed by atoms with Crippen molar-refractivity contribution in [3.63, 3.8) is 0 Å². The van der Waals surface area contributed by atoms with Crippen molar-refractivity contribution in [1.82, 2.24) is 10.2 Å². The SMILES string of the molecule is CC(C)CN(Cc1cc(Cl)c2c(c1)OCCCO2)C(=O)C(C)CNCc1cc(N)cc(N)c1. The van der Waals surface area contributed by atoms with Gasteiger partial charge in [0.1, 0.15) is 0 Å². The Labute approximate surface area is 201 Å². The third-order valence-electron chi connectivity index (χ3n) is 5.37. The lowest BCUT2D eigenvalue weighted by molar-refractivity contribution is -0.136. The number of benzene rings is 2. The standard InChI is InChI=1S/C25H35ClN4O3/c1-16(2)14-30(15-19-9-22(26)24-23(10-19)32-5-4-6-33-24)25(31)17(3)12-29-13-18-7-20(27)11-21(28)8-18/h7-11,16-17,29H,4-6,12-15,27-28H2,1-3H3. The van der Waals surface area contributed by atoms with E-state index in [2.05, 4.69) is 19.2 Å². The predicted molar refractivity (Wildman–Crippen MR) is 133 cm³/mol. The average Bonchev–Trinajstić information content (AvgIpc) is 2.97. The number of hydrogen-bond acceptors (Lipinski definition) is 6. The second kappa shape index (κ2) is 11.5. The molecule has 1 amide bonds. The molecule has 1 unspecified atom stereocenters. The van der Waals surface area contributed by atoms with Crippen molar-refractivity contribution in [2.24, 2.45) is 11.8 Å². The van der Waals surface area contributed by atoms with E-state index in [1.807, 2.05) is 36.1 Å². The Kier molecular flexibility index (Phi) is 8.69. The Morgan fingerprint density at radius 1 is 1.06 bits per heavy atom. The molecule has 5 N–H and O–H groups in total. The number of nitrogens with one attached hydrogen (secondary N) is 1. The lowest BCUT2D eigenvalue weighted by Crippen LogP contribution is -2.40. The van der Waals surface area contributed by atoms with Crippen molar-refractivity contribution in [2.75, 3.05) is 37.8 Å². The zero-order valence-corrected chi connectivity index (χ0v) is 20.5. The minimum absolute atomic E-state index is 0.0894. The molecular formula is C25H35ClN4O3. The van der Waals surface area contributed by atoms with Gasteiger partial charge in [-0.05, 0) is 47.4 Å². The zero-order valence-electron chi connectivity index (χ0n) is 19.7. The number of nitrogens with zero attached hydrogens (tertiary/aromatic N) is 1. The molecule has 1 aliphatic rings. The third kappa shape index (κ3) is 7.17. The Morgan fingerprint density at radius 2 is 1.76 bits per heavy atom. The molecule has 3 rings (SSSR count). The maximum Gasteiger partial charge on any atom is 0.226 e. The van der Waals surface area contributed by atoms with Crippen LogP contribution in [0.15, 0.2) is 30.3 Å². The molecule has 2 aromatic carbocycles. The fraction of sp³-hybridized carbons (Fsp3) is 0.480. The molecule has 0 spiro atoms. The van der Waals surface area contributed by atoms with Crippen LogP contribution in [0.2, 0.25) is 5.02 Å². The van der Waals surface area contributed by atoms with Crippen molar-refractivity contribution in [2.45, 2.75) is 40.3 Å². The van der Waals surface area contributed by atoms with E-state index in [4.69, 9.17) is 32.5 Å². The van der Waals surface area contributed by atoms with Crippen LogP contribution < -0.4 is 26.3 Å². The largest absolute Gasteiger partial charge is 0.489 e. The summed E-state index contributed by atoms with van der Waals surface area (Å²) < 4.78 is 11.5. The van der Waals surface area contributed by atoms with Crippen LogP contribution in [-0.4, -0.2) is 37.1 Å². The van der Waals surface area contributed by atoms with Crippen molar-refractivity contribution in [3.05, 3.63) is 46.5 Å². The van der Waals surface area contributed by atoms with Gasteiger partial charge in [0.15, 0.2) is 11.5 Å².